The van der Waals surface area contributed by atoms with Crippen molar-refractivity contribution in [2.75, 3.05) is 20.3 Å². The van der Waals surface area contributed by atoms with Gasteiger partial charge in [-0.2, -0.15) is 0 Å². The number of epoxide rings is 2. The maximum absolute atomic E-state index is 13.5. The SMILES string of the molecule is COc1ccc(Cn2c(=O)ccn([C@@H]3O[C@H](C[C@@H]4O[C@H]4C(=O)NC[C@H]4CO4)[C@H]4OC(C)(C)O[C@H]43)c2=O)cc1. The minimum atomic E-state index is -0.887. The number of carbonyl (C=O) groups is 1. The molecule has 0 saturated carbocycles. The molecule has 4 fully saturated rings. The molecule has 1 amide bonds. The topological polar surface area (TPSA) is 135 Å². The molecule has 1 aromatic heterocycles. The summed E-state index contributed by atoms with van der Waals surface area (Å²) in [6.45, 7) is 4.83. The van der Waals surface area contributed by atoms with Gasteiger partial charge < -0.3 is 33.7 Å². The van der Waals surface area contributed by atoms with Crippen LogP contribution in [0.1, 0.15) is 32.1 Å². The zero-order valence-electron chi connectivity index (χ0n) is 21.4. The van der Waals surface area contributed by atoms with Crippen molar-refractivity contribution in [3.05, 3.63) is 62.9 Å². The number of nitrogens with zero attached hydrogens (tertiary/aromatic N) is 2. The summed E-state index contributed by atoms with van der Waals surface area (Å²) < 4.78 is 37.0. The van der Waals surface area contributed by atoms with E-state index in [9.17, 15) is 14.4 Å². The molecule has 0 spiro atoms. The van der Waals surface area contributed by atoms with Gasteiger partial charge in [0.2, 0.25) is 0 Å². The molecule has 0 radical (unpaired) electrons. The molecule has 4 aliphatic heterocycles. The van der Waals surface area contributed by atoms with Gasteiger partial charge in [-0.1, -0.05) is 12.1 Å². The van der Waals surface area contributed by atoms with Crippen molar-refractivity contribution in [3.8, 4) is 5.75 Å². The number of carbonyl (C=O) groups excluding carboxylic acids is 1. The molecule has 204 valence electrons. The van der Waals surface area contributed by atoms with Crippen molar-refractivity contribution in [2.24, 2.45) is 0 Å². The number of amides is 1. The molecule has 5 heterocycles. The van der Waals surface area contributed by atoms with E-state index in [2.05, 4.69) is 5.32 Å². The van der Waals surface area contributed by atoms with E-state index in [1.165, 1.54) is 16.8 Å². The fourth-order valence-electron chi connectivity index (χ4n) is 5.14. The highest BCUT2D eigenvalue weighted by Gasteiger charge is 2.58. The summed E-state index contributed by atoms with van der Waals surface area (Å²) in [5.74, 6) is -0.384. The van der Waals surface area contributed by atoms with Crippen molar-refractivity contribution in [1.82, 2.24) is 14.5 Å². The number of ether oxygens (including phenoxy) is 6. The molecule has 2 aromatic rings. The maximum atomic E-state index is 13.5. The Labute approximate surface area is 218 Å². The van der Waals surface area contributed by atoms with E-state index in [4.69, 9.17) is 28.4 Å². The van der Waals surface area contributed by atoms with E-state index in [-0.39, 0.29) is 24.7 Å². The monoisotopic (exact) mass is 529 g/mol. The van der Waals surface area contributed by atoms with Crippen molar-refractivity contribution in [2.45, 2.75) is 75.5 Å². The van der Waals surface area contributed by atoms with E-state index in [0.29, 0.717) is 25.3 Å². The van der Waals surface area contributed by atoms with Crippen LogP contribution < -0.4 is 21.3 Å². The lowest BCUT2D eigenvalue weighted by Crippen LogP contribution is -2.43. The quantitative estimate of drug-likeness (QED) is 0.451. The third kappa shape index (κ3) is 5.02. The van der Waals surface area contributed by atoms with Crippen LogP contribution in [0.25, 0.3) is 0 Å². The number of rotatable bonds is 9. The molecule has 0 unspecified atom stereocenters. The lowest BCUT2D eigenvalue weighted by Gasteiger charge is -2.25. The lowest BCUT2D eigenvalue weighted by molar-refractivity contribution is -0.198. The molecule has 38 heavy (non-hydrogen) atoms. The first-order valence-electron chi connectivity index (χ1n) is 12.7. The Balaban J connectivity index is 1.20. The van der Waals surface area contributed by atoms with E-state index < -0.39 is 47.7 Å². The van der Waals surface area contributed by atoms with Crippen LogP contribution in [0.15, 0.2) is 46.1 Å². The summed E-state index contributed by atoms with van der Waals surface area (Å²) in [5.41, 5.74) is -0.168. The van der Waals surface area contributed by atoms with Crippen LogP contribution in [0.2, 0.25) is 0 Å². The second kappa shape index (κ2) is 9.62. The van der Waals surface area contributed by atoms with Crippen LogP contribution in [0.3, 0.4) is 0 Å². The highest BCUT2D eigenvalue weighted by Crippen LogP contribution is 2.45. The van der Waals surface area contributed by atoms with Gasteiger partial charge in [-0.15, -0.1) is 0 Å². The minimum absolute atomic E-state index is 0.0911. The van der Waals surface area contributed by atoms with Gasteiger partial charge >= 0.3 is 5.69 Å². The smallest absolute Gasteiger partial charge is 0.333 e. The summed E-state index contributed by atoms with van der Waals surface area (Å²) >= 11 is 0. The van der Waals surface area contributed by atoms with Gasteiger partial charge in [-0.3, -0.25) is 18.7 Å². The summed E-state index contributed by atoms with van der Waals surface area (Å²) in [6.07, 6.45) is -1.32. The average Bonchev–Trinajstić information content (AvgIpc) is 3.81. The Morgan fingerprint density at radius 2 is 1.82 bits per heavy atom. The number of hydrogen-bond acceptors (Lipinski definition) is 9. The number of nitrogens with one attached hydrogen (secondary N) is 1. The summed E-state index contributed by atoms with van der Waals surface area (Å²) in [7, 11) is 1.57. The highest BCUT2D eigenvalue weighted by atomic mass is 16.8. The lowest BCUT2D eigenvalue weighted by atomic mass is 10.0. The Morgan fingerprint density at radius 3 is 2.53 bits per heavy atom. The molecule has 1 aromatic carbocycles. The predicted molar refractivity (Wildman–Crippen MR) is 131 cm³/mol. The molecule has 12 heteroatoms. The Bertz CT molecular complexity index is 1320. The van der Waals surface area contributed by atoms with Gasteiger partial charge in [0.05, 0.1) is 38.6 Å². The second-order valence-electron chi connectivity index (χ2n) is 10.4. The molecule has 7 atom stereocenters. The highest BCUT2D eigenvalue weighted by molar-refractivity contribution is 5.83. The molecule has 4 saturated heterocycles. The first-order valence-corrected chi connectivity index (χ1v) is 12.7. The van der Waals surface area contributed by atoms with Crippen molar-refractivity contribution < 1.29 is 33.2 Å². The van der Waals surface area contributed by atoms with Crippen LogP contribution in [0.4, 0.5) is 0 Å². The number of fused-ring (bicyclic) bond motifs is 1. The number of aromatic nitrogens is 2. The molecule has 12 nitrogen and oxygen atoms in total. The fraction of sp³-hybridized carbons (Fsp3) is 0.577. The van der Waals surface area contributed by atoms with Crippen molar-refractivity contribution >= 4 is 5.91 Å². The summed E-state index contributed by atoms with van der Waals surface area (Å²) in [6, 6.07) is 8.49. The van der Waals surface area contributed by atoms with Crippen LogP contribution >= 0.6 is 0 Å². The van der Waals surface area contributed by atoms with Crippen LogP contribution in [-0.2, 0) is 35.0 Å². The molecule has 0 bridgehead atoms. The summed E-state index contributed by atoms with van der Waals surface area (Å²) in [4.78, 5) is 38.5. The molecular weight excluding hydrogens is 498 g/mol. The van der Waals surface area contributed by atoms with E-state index >= 15 is 0 Å². The molecular formula is C26H31N3O9. The number of benzene rings is 1. The van der Waals surface area contributed by atoms with Crippen molar-refractivity contribution in [3.63, 3.8) is 0 Å². The van der Waals surface area contributed by atoms with Gasteiger partial charge in [0.15, 0.2) is 18.1 Å². The summed E-state index contributed by atoms with van der Waals surface area (Å²) in [5, 5.41) is 2.83. The Kier molecular flexibility index (Phi) is 6.39. The van der Waals surface area contributed by atoms with Gasteiger partial charge in [0.25, 0.3) is 11.5 Å². The first-order chi connectivity index (χ1) is 18.2. The van der Waals surface area contributed by atoms with Gasteiger partial charge in [-0.25, -0.2) is 4.79 Å². The molecule has 4 aliphatic rings. The second-order valence-corrected chi connectivity index (χ2v) is 10.4. The molecule has 0 aliphatic carbocycles. The average molecular weight is 530 g/mol. The minimum Gasteiger partial charge on any atom is -0.497 e. The Hall–Kier alpha value is -3.03. The zero-order valence-corrected chi connectivity index (χ0v) is 21.4. The van der Waals surface area contributed by atoms with E-state index in [0.717, 1.165) is 10.1 Å². The number of methoxy groups -OCH3 is 1. The number of hydrogen-bond donors (Lipinski definition) is 1. The molecule has 6 rings (SSSR count). The third-order valence-electron chi connectivity index (χ3n) is 7.21. The van der Waals surface area contributed by atoms with Crippen LogP contribution in [0.5, 0.6) is 5.75 Å². The van der Waals surface area contributed by atoms with Gasteiger partial charge in [0.1, 0.15) is 18.0 Å². The van der Waals surface area contributed by atoms with Crippen LogP contribution in [0, 0.1) is 0 Å². The van der Waals surface area contributed by atoms with Gasteiger partial charge in [0, 0.05) is 25.2 Å². The maximum Gasteiger partial charge on any atom is 0.333 e. The fourth-order valence-corrected chi connectivity index (χ4v) is 5.14. The zero-order chi connectivity index (χ0) is 26.6. The standard InChI is InChI=1S/C26H31N3O9/c1-26(2)37-20-17(10-18-21(35-18)23(31)27-11-16-13-34-16)36-24(22(20)38-26)28-9-8-19(30)29(25(28)32)12-14-4-6-15(33-3)7-5-14/h4-9,16-18,20-22,24H,10-13H2,1-3H3,(H,27,31)/t16-,17+,18-,20+,21+,22+,24+/m0/s1. The van der Waals surface area contributed by atoms with E-state index in [1.54, 1.807) is 45.2 Å². The third-order valence-corrected chi connectivity index (χ3v) is 7.21. The van der Waals surface area contributed by atoms with Crippen LogP contribution in [-0.4, -0.2) is 77.7 Å². The van der Waals surface area contributed by atoms with E-state index in [1.807, 2.05) is 0 Å². The van der Waals surface area contributed by atoms with Crippen molar-refractivity contribution in [1.29, 1.82) is 0 Å². The molecule has 1 N–H and O–H groups in total. The Morgan fingerprint density at radius 1 is 1.08 bits per heavy atom. The normalized spacial score (nSPS) is 32.6. The first kappa shape index (κ1) is 25.3. The van der Waals surface area contributed by atoms with Gasteiger partial charge in [-0.05, 0) is 31.5 Å². The predicted octanol–water partition coefficient (Wildman–Crippen LogP) is 0.157. The largest absolute Gasteiger partial charge is 0.497 e.